The number of pyridine rings is 1. The molecule has 1 heterocycles. The molecule has 2 N–H and O–H groups in total. The standard InChI is InChI=1S/C22H32N4O2.HI/c1-22(2,3)28-19-12-6-5-11-18(19)17-25-21(23-4)24-14-8-10-16-26-15-9-7-13-20(26)27;/h5-7,9,11-13,15H,8,10,14,16-17H2,1-4H3,(H2,23,24,25);1H. The number of nitrogens with one attached hydrogen (secondary N) is 2. The van der Waals surface area contributed by atoms with Gasteiger partial charge in [-0.1, -0.05) is 24.3 Å². The summed E-state index contributed by atoms with van der Waals surface area (Å²) in [5.41, 5.74) is 0.893. The summed E-state index contributed by atoms with van der Waals surface area (Å²) < 4.78 is 7.77. The molecule has 0 atom stereocenters. The number of aromatic nitrogens is 1. The van der Waals surface area contributed by atoms with Crippen molar-refractivity contribution in [3.8, 4) is 5.75 Å². The number of rotatable bonds is 8. The normalized spacial score (nSPS) is 11.5. The van der Waals surface area contributed by atoms with Crippen LogP contribution in [0.4, 0.5) is 0 Å². The Hall–Kier alpha value is -2.03. The van der Waals surface area contributed by atoms with Gasteiger partial charge in [0.15, 0.2) is 5.96 Å². The molecule has 0 aliphatic rings. The average Bonchev–Trinajstić information content (AvgIpc) is 2.65. The molecule has 0 bridgehead atoms. The fourth-order valence-electron chi connectivity index (χ4n) is 2.74. The van der Waals surface area contributed by atoms with E-state index < -0.39 is 0 Å². The van der Waals surface area contributed by atoms with Crippen molar-refractivity contribution in [2.24, 2.45) is 4.99 Å². The average molecular weight is 512 g/mol. The second-order valence-corrected chi connectivity index (χ2v) is 7.61. The first-order valence-electron chi connectivity index (χ1n) is 9.76. The first-order valence-corrected chi connectivity index (χ1v) is 9.76. The van der Waals surface area contributed by atoms with Crippen LogP contribution in [0.3, 0.4) is 0 Å². The fourth-order valence-corrected chi connectivity index (χ4v) is 2.74. The van der Waals surface area contributed by atoms with Gasteiger partial charge in [-0.05, 0) is 45.7 Å². The lowest BCUT2D eigenvalue weighted by Crippen LogP contribution is -2.37. The highest BCUT2D eigenvalue weighted by Crippen LogP contribution is 2.22. The first kappa shape index (κ1) is 25.0. The second kappa shape index (κ2) is 12.5. The Morgan fingerprint density at radius 1 is 1.07 bits per heavy atom. The van der Waals surface area contributed by atoms with Crippen molar-refractivity contribution in [2.75, 3.05) is 13.6 Å². The molecule has 29 heavy (non-hydrogen) atoms. The van der Waals surface area contributed by atoms with Gasteiger partial charge in [0.25, 0.3) is 0 Å². The number of unbranched alkanes of at least 4 members (excludes halogenated alkanes) is 1. The summed E-state index contributed by atoms with van der Waals surface area (Å²) in [7, 11) is 1.76. The zero-order valence-electron chi connectivity index (χ0n) is 17.8. The van der Waals surface area contributed by atoms with Crippen molar-refractivity contribution in [1.29, 1.82) is 0 Å². The molecule has 6 nitrogen and oxygen atoms in total. The molecular formula is C22H33IN4O2. The summed E-state index contributed by atoms with van der Waals surface area (Å²) in [6.45, 7) is 8.28. The Balaban J connectivity index is 0.00000420. The molecule has 1 aromatic carbocycles. The molecule has 0 amide bonds. The highest BCUT2D eigenvalue weighted by Gasteiger charge is 2.14. The molecule has 0 spiro atoms. The lowest BCUT2D eigenvalue weighted by atomic mass is 10.1. The van der Waals surface area contributed by atoms with E-state index in [0.717, 1.165) is 43.2 Å². The van der Waals surface area contributed by atoms with Crippen LogP contribution in [0.1, 0.15) is 39.2 Å². The van der Waals surface area contributed by atoms with Gasteiger partial charge >= 0.3 is 0 Å². The van der Waals surface area contributed by atoms with Crippen LogP contribution in [0.5, 0.6) is 5.75 Å². The molecule has 7 heteroatoms. The number of nitrogens with zero attached hydrogens (tertiary/aromatic N) is 2. The molecule has 1 aromatic heterocycles. The fraction of sp³-hybridized carbons (Fsp3) is 0.455. The zero-order valence-corrected chi connectivity index (χ0v) is 20.1. The SMILES string of the molecule is CN=C(NCCCCn1ccccc1=O)NCc1ccccc1OC(C)(C)C.I. The van der Waals surface area contributed by atoms with Crippen molar-refractivity contribution in [3.05, 3.63) is 64.6 Å². The molecule has 2 aromatic rings. The number of benzene rings is 1. The summed E-state index contributed by atoms with van der Waals surface area (Å²) in [6.07, 6.45) is 3.70. The zero-order chi connectivity index (χ0) is 20.4. The van der Waals surface area contributed by atoms with E-state index in [1.54, 1.807) is 23.7 Å². The maximum absolute atomic E-state index is 11.7. The minimum Gasteiger partial charge on any atom is -0.488 e. The van der Waals surface area contributed by atoms with Crippen LogP contribution in [-0.4, -0.2) is 29.7 Å². The van der Waals surface area contributed by atoms with Crippen LogP contribution < -0.4 is 20.9 Å². The Morgan fingerprint density at radius 2 is 1.79 bits per heavy atom. The van der Waals surface area contributed by atoms with Gasteiger partial charge < -0.3 is 19.9 Å². The number of guanidine groups is 1. The molecule has 0 aliphatic carbocycles. The molecule has 2 rings (SSSR count). The van der Waals surface area contributed by atoms with E-state index in [9.17, 15) is 4.79 Å². The maximum Gasteiger partial charge on any atom is 0.250 e. The van der Waals surface area contributed by atoms with Crippen molar-refractivity contribution in [2.45, 2.75) is 52.3 Å². The van der Waals surface area contributed by atoms with Crippen LogP contribution in [0.2, 0.25) is 0 Å². The minimum atomic E-state index is -0.239. The molecular weight excluding hydrogens is 479 g/mol. The highest BCUT2D eigenvalue weighted by atomic mass is 127. The summed E-state index contributed by atoms with van der Waals surface area (Å²) in [5, 5.41) is 6.65. The van der Waals surface area contributed by atoms with Crippen LogP contribution in [0, 0.1) is 0 Å². The van der Waals surface area contributed by atoms with E-state index in [2.05, 4.69) is 21.7 Å². The van der Waals surface area contributed by atoms with Crippen molar-refractivity contribution >= 4 is 29.9 Å². The molecule has 0 unspecified atom stereocenters. The van der Waals surface area contributed by atoms with E-state index in [1.165, 1.54) is 0 Å². The lowest BCUT2D eigenvalue weighted by molar-refractivity contribution is 0.129. The van der Waals surface area contributed by atoms with Crippen molar-refractivity contribution < 1.29 is 4.74 Å². The van der Waals surface area contributed by atoms with Gasteiger partial charge in [0.05, 0.1) is 0 Å². The van der Waals surface area contributed by atoms with Gasteiger partial charge in [-0.25, -0.2) is 0 Å². The Bertz CT molecular complexity index is 828. The third kappa shape index (κ3) is 9.34. The van der Waals surface area contributed by atoms with Gasteiger partial charge in [-0.2, -0.15) is 0 Å². The van der Waals surface area contributed by atoms with Crippen molar-refractivity contribution in [1.82, 2.24) is 15.2 Å². The number of hydrogen-bond donors (Lipinski definition) is 2. The number of para-hydroxylation sites is 1. The largest absolute Gasteiger partial charge is 0.488 e. The molecule has 0 radical (unpaired) electrons. The maximum atomic E-state index is 11.7. The predicted octanol–water partition coefficient (Wildman–Crippen LogP) is 3.79. The van der Waals surface area contributed by atoms with Gasteiger partial charge in [0, 0.05) is 44.5 Å². The van der Waals surface area contributed by atoms with Crippen LogP contribution in [0.15, 0.2) is 58.4 Å². The Kier molecular flexibility index (Phi) is 10.8. The summed E-state index contributed by atoms with van der Waals surface area (Å²) in [6, 6.07) is 13.3. The lowest BCUT2D eigenvalue weighted by Gasteiger charge is -2.23. The number of aliphatic imine (C=N–C) groups is 1. The van der Waals surface area contributed by atoms with Gasteiger partial charge in [0.1, 0.15) is 11.4 Å². The highest BCUT2D eigenvalue weighted by molar-refractivity contribution is 14.0. The number of ether oxygens (including phenoxy) is 1. The van der Waals surface area contributed by atoms with Gasteiger partial charge in [0.2, 0.25) is 5.56 Å². The first-order chi connectivity index (χ1) is 13.4. The number of aryl methyl sites for hydroxylation is 1. The van der Waals surface area contributed by atoms with E-state index in [0.29, 0.717) is 6.54 Å². The molecule has 0 aliphatic heterocycles. The van der Waals surface area contributed by atoms with Gasteiger partial charge in [-0.3, -0.25) is 9.79 Å². The summed E-state index contributed by atoms with van der Waals surface area (Å²) in [5.74, 6) is 1.63. The monoisotopic (exact) mass is 512 g/mol. The molecule has 0 saturated carbocycles. The van der Waals surface area contributed by atoms with E-state index in [1.807, 2.05) is 51.2 Å². The number of hydrogen-bond acceptors (Lipinski definition) is 3. The van der Waals surface area contributed by atoms with E-state index in [-0.39, 0.29) is 35.1 Å². The summed E-state index contributed by atoms with van der Waals surface area (Å²) in [4.78, 5) is 16.0. The van der Waals surface area contributed by atoms with E-state index >= 15 is 0 Å². The Labute approximate surface area is 190 Å². The summed E-state index contributed by atoms with van der Waals surface area (Å²) >= 11 is 0. The van der Waals surface area contributed by atoms with Crippen LogP contribution in [-0.2, 0) is 13.1 Å². The Morgan fingerprint density at radius 3 is 2.48 bits per heavy atom. The van der Waals surface area contributed by atoms with Crippen LogP contribution >= 0.6 is 24.0 Å². The molecule has 160 valence electrons. The number of halogens is 1. The van der Waals surface area contributed by atoms with E-state index in [4.69, 9.17) is 4.74 Å². The quantitative estimate of drug-likeness (QED) is 0.245. The van der Waals surface area contributed by atoms with Crippen LogP contribution in [0.25, 0.3) is 0 Å². The minimum absolute atomic E-state index is 0. The van der Waals surface area contributed by atoms with Gasteiger partial charge in [-0.15, -0.1) is 24.0 Å². The van der Waals surface area contributed by atoms with Crippen molar-refractivity contribution in [3.63, 3.8) is 0 Å². The predicted molar refractivity (Wildman–Crippen MR) is 130 cm³/mol. The topological polar surface area (TPSA) is 67.7 Å². The third-order valence-electron chi connectivity index (χ3n) is 4.08. The third-order valence-corrected chi connectivity index (χ3v) is 4.08. The molecule has 0 fully saturated rings. The molecule has 0 saturated heterocycles. The second-order valence-electron chi connectivity index (χ2n) is 7.61. The smallest absolute Gasteiger partial charge is 0.250 e.